The van der Waals surface area contributed by atoms with Gasteiger partial charge in [0.15, 0.2) is 0 Å². The zero-order valence-corrected chi connectivity index (χ0v) is 11.9. The number of rotatable bonds is 2. The van der Waals surface area contributed by atoms with E-state index in [2.05, 4.69) is 39.4 Å². The molecule has 3 nitrogen and oxygen atoms in total. The van der Waals surface area contributed by atoms with Crippen LogP contribution in [0.4, 0.5) is 0 Å². The van der Waals surface area contributed by atoms with Crippen molar-refractivity contribution < 1.29 is 9.47 Å². The molecular weight excluding hydrogens is 294 g/mol. The van der Waals surface area contributed by atoms with E-state index in [1.807, 2.05) is 0 Å². The molecule has 0 bridgehead atoms. The Morgan fingerprint density at radius 1 is 1.28 bits per heavy atom. The summed E-state index contributed by atoms with van der Waals surface area (Å²) in [7, 11) is 0. The Morgan fingerprint density at radius 2 is 2.22 bits per heavy atom. The van der Waals surface area contributed by atoms with Gasteiger partial charge in [0.1, 0.15) is 0 Å². The van der Waals surface area contributed by atoms with Crippen LogP contribution in [0.1, 0.15) is 29.6 Å². The lowest BCUT2D eigenvalue weighted by atomic mass is 9.96. The van der Waals surface area contributed by atoms with Gasteiger partial charge in [-0.3, -0.25) is 0 Å². The first-order valence-corrected chi connectivity index (χ1v) is 7.33. The van der Waals surface area contributed by atoms with Gasteiger partial charge >= 0.3 is 0 Å². The Labute approximate surface area is 116 Å². The highest BCUT2D eigenvalue weighted by Crippen LogP contribution is 2.33. The summed E-state index contributed by atoms with van der Waals surface area (Å²) in [4.78, 5) is 0. The highest BCUT2D eigenvalue weighted by atomic mass is 79.9. The van der Waals surface area contributed by atoms with Crippen LogP contribution in [-0.2, 0) is 9.47 Å². The molecule has 2 saturated heterocycles. The van der Waals surface area contributed by atoms with E-state index < -0.39 is 0 Å². The van der Waals surface area contributed by atoms with Gasteiger partial charge in [-0.2, -0.15) is 0 Å². The molecule has 1 aromatic carbocycles. The number of ether oxygens (including phenoxy) is 2. The van der Waals surface area contributed by atoms with Crippen LogP contribution in [-0.4, -0.2) is 32.9 Å². The van der Waals surface area contributed by atoms with Gasteiger partial charge in [-0.25, -0.2) is 0 Å². The third-order valence-corrected chi connectivity index (χ3v) is 4.38. The molecule has 98 valence electrons. The van der Waals surface area contributed by atoms with Crippen molar-refractivity contribution in [2.45, 2.75) is 18.4 Å². The summed E-state index contributed by atoms with van der Waals surface area (Å²) in [5, 5.41) is 3.36. The maximum absolute atomic E-state index is 5.78. The van der Waals surface area contributed by atoms with E-state index in [1.165, 1.54) is 15.6 Å². The number of hydrogen-bond donors (Lipinski definition) is 1. The van der Waals surface area contributed by atoms with Crippen LogP contribution in [0.3, 0.4) is 0 Å². The summed E-state index contributed by atoms with van der Waals surface area (Å²) < 4.78 is 12.4. The van der Waals surface area contributed by atoms with Crippen LogP contribution in [0.2, 0.25) is 0 Å². The van der Waals surface area contributed by atoms with Crippen molar-refractivity contribution in [3.63, 3.8) is 0 Å². The van der Waals surface area contributed by atoms with Crippen LogP contribution < -0.4 is 5.32 Å². The molecule has 2 heterocycles. The highest BCUT2D eigenvalue weighted by Gasteiger charge is 2.22. The highest BCUT2D eigenvalue weighted by molar-refractivity contribution is 9.10. The first kappa shape index (κ1) is 12.6. The average Bonchev–Trinajstić information content (AvgIpc) is 2.93. The fraction of sp³-hybridized carbons (Fsp3) is 0.571. The van der Waals surface area contributed by atoms with Gasteiger partial charge in [0.25, 0.3) is 0 Å². The van der Waals surface area contributed by atoms with Crippen molar-refractivity contribution in [2.75, 3.05) is 32.9 Å². The summed E-state index contributed by atoms with van der Waals surface area (Å²) in [5.41, 5.74) is 2.61. The predicted molar refractivity (Wildman–Crippen MR) is 73.9 cm³/mol. The monoisotopic (exact) mass is 311 g/mol. The fourth-order valence-electron chi connectivity index (χ4n) is 2.63. The summed E-state index contributed by atoms with van der Waals surface area (Å²) >= 11 is 3.69. The standard InChI is InChI=1S/C14H18BrNO2/c15-13-7-10(14-8-16-4-6-18-14)1-2-12(13)11-3-5-17-9-11/h1-2,7,11,14,16H,3-6,8-9H2. The van der Waals surface area contributed by atoms with Gasteiger partial charge in [-0.05, 0) is 23.6 Å². The van der Waals surface area contributed by atoms with Crippen molar-refractivity contribution in [3.8, 4) is 0 Å². The lowest BCUT2D eigenvalue weighted by molar-refractivity contribution is 0.0276. The molecule has 0 amide bonds. The van der Waals surface area contributed by atoms with E-state index in [0.717, 1.165) is 39.3 Å². The zero-order chi connectivity index (χ0) is 12.4. The number of nitrogens with one attached hydrogen (secondary N) is 1. The van der Waals surface area contributed by atoms with Gasteiger partial charge < -0.3 is 14.8 Å². The Morgan fingerprint density at radius 3 is 2.89 bits per heavy atom. The lowest BCUT2D eigenvalue weighted by Gasteiger charge is -2.24. The van der Waals surface area contributed by atoms with E-state index in [9.17, 15) is 0 Å². The summed E-state index contributed by atoms with van der Waals surface area (Å²) in [5.74, 6) is 0.541. The van der Waals surface area contributed by atoms with Crippen LogP contribution in [0.5, 0.6) is 0 Å². The fourth-order valence-corrected chi connectivity index (χ4v) is 3.35. The van der Waals surface area contributed by atoms with E-state index in [0.29, 0.717) is 5.92 Å². The molecule has 0 aromatic heterocycles. The molecule has 2 aliphatic heterocycles. The largest absolute Gasteiger partial charge is 0.381 e. The maximum atomic E-state index is 5.78. The molecule has 18 heavy (non-hydrogen) atoms. The summed E-state index contributed by atoms with van der Waals surface area (Å²) in [6.07, 6.45) is 1.31. The van der Waals surface area contributed by atoms with Crippen LogP contribution in [0.25, 0.3) is 0 Å². The molecule has 0 aliphatic carbocycles. The van der Waals surface area contributed by atoms with Crippen LogP contribution in [0, 0.1) is 0 Å². The molecule has 2 atom stereocenters. The van der Waals surface area contributed by atoms with Gasteiger partial charge in [0.2, 0.25) is 0 Å². The van der Waals surface area contributed by atoms with Crippen molar-refractivity contribution in [1.82, 2.24) is 5.32 Å². The molecule has 4 heteroatoms. The minimum absolute atomic E-state index is 0.184. The van der Waals surface area contributed by atoms with E-state index in [1.54, 1.807) is 0 Å². The third-order valence-electron chi connectivity index (χ3n) is 3.69. The number of hydrogen-bond acceptors (Lipinski definition) is 3. The van der Waals surface area contributed by atoms with Gasteiger partial charge in [0, 0.05) is 30.1 Å². The number of morpholine rings is 1. The van der Waals surface area contributed by atoms with Crippen molar-refractivity contribution >= 4 is 15.9 Å². The Hall–Kier alpha value is -0.420. The second kappa shape index (κ2) is 5.70. The van der Waals surface area contributed by atoms with Crippen molar-refractivity contribution in [3.05, 3.63) is 33.8 Å². The second-order valence-corrected chi connectivity index (χ2v) is 5.76. The number of halogens is 1. The summed E-state index contributed by atoms with van der Waals surface area (Å²) in [6, 6.07) is 6.61. The molecule has 2 unspecified atom stereocenters. The molecule has 2 aliphatic rings. The molecule has 1 N–H and O–H groups in total. The SMILES string of the molecule is Brc1cc(C2CNCCO2)ccc1C1CCOC1. The van der Waals surface area contributed by atoms with Gasteiger partial charge in [-0.1, -0.05) is 28.1 Å². The van der Waals surface area contributed by atoms with Crippen molar-refractivity contribution in [1.29, 1.82) is 0 Å². The van der Waals surface area contributed by atoms with Gasteiger partial charge in [0.05, 0.1) is 19.3 Å². The topological polar surface area (TPSA) is 30.5 Å². The first-order chi connectivity index (χ1) is 8.84. The third kappa shape index (κ3) is 2.62. The second-order valence-electron chi connectivity index (χ2n) is 4.91. The first-order valence-electron chi connectivity index (χ1n) is 6.54. The Kier molecular flexibility index (Phi) is 3.99. The molecular formula is C14H18BrNO2. The van der Waals surface area contributed by atoms with E-state index >= 15 is 0 Å². The minimum atomic E-state index is 0.184. The van der Waals surface area contributed by atoms with Crippen LogP contribution >= 0.6 is 15.9 Å². The molecule has 0 saturated carbocycles. The molecule has 0 spiro atoms. The van der Waals surface area contributed by atoms with E-state index in [-0.39, 0.29) is 6.10 Å². The maximum Gasteiger partial charge on any atom is 0.0950 e. The molecule has 3 rings (SSSR count). The Balaban J connectivity index is 1.79. The molecule has 2 fully saturated rings. The Bertz CT molecular complexity index is 412. The van der Waals surface area contributed by atoms with Crippen LogP contribution in [0.15, 0.2) is 22.7 Å². The quantitative estimate of drug-likeness (QED) is 0.910. The zero-order valence-electron chi connectivity index (χ0n) is 10.3. The molecule has 0 radical (unpaired) electrons. The smallest absolute Gasteiger partial charge is 0.0950 e. The lowest BCUT2D eigenvalue weighted by Crippen LogP contribution is -2.33. The van der Waals surface area contributed by atoms with Gasteiger partial charge in [-0.15, -0.1) is 0 Å². The predicted octanol–water partition coefficient (Wildman–Crippen LogP) is 2.61. The van der Waals surface area contributed by atoms with Crippen molar-refractivity contribution in [2.24, 2.45) is 0 Å². The van der Waals surface area contributed by atoms with E-state index in [4.69, 9.17) is 9.47 Å². The minimum Gasteiger partial charge on any atom is -0.381 e. The average molecular weight is 312 g/mol. The normalized spacial score (nSPS) is 28.5. The summed E-state index contributed by atoms with van der Waals surface area (Å²) in [6.45, 7) is 4.38. The number of benzene rings is 1. The molecule has 1 aromatic rings.